The molecule has 7 nitrogen and oxygen atoms in total. The van der Waals surface area contributed by atoms with E-state index in [1.54, 1.807) is 32.9 Å². The van der Waals surface area contributed by atoms with E-state index in [9.17, 15) is 17.6 Å². The van der Waals surface area contributed by atoms with E-state index in [1.165, 1.54) is 41.1 Å². The van der Waals surface area contributed by atoms with Gasteiger partial charge in [0.05, 0.1) is 22.7 Å². The largest absolute Gasteiger partial charge is 0.322 e. The number of hydrogen-bond acceptors (Lipinski definition) is 4. The maximum absolute atomic E-state index is 13.1. The van der Waals surface area contributed by atoms with Gasteiger partial charge in [0.2, 0.25) is 10.0 Å². The van der Waals surface area contributed by atoms with Crippen molar-refractivity contribution in [3.63, 3.8) is 0 Å². The molecule has 0 aliphatic heterocycles. The number of amides is 1. The van der Waals surface area contributed by atoms with Crippen LogP contribution in [0.15, 0.2) is 53.4 Å². The second kappa shape index (κ2) is 9.17. The Hall–Kier alpha value is -2.75. The van der Waals surface area contributed by atoms with Gasteiger partial charge in [-0.3, -0.25) is 4.79 Å². The van der Waals surface area contributed by atoms with Gasteiger partial charge in [0, 0.05) is 11.7 Å². The Bertz CT molecular complexity index is 1190. The molecule has 2 N–H and O–H groups in total. The van der Waals surface area contributed by atoms with Gasteiger partial charge >= 0.3 is 0 Å². The number of nitrogens with zero attached hydrogens (tertiary/aromatic N) is 2. The van der Waals surface area contributed by atoms with Crippen molar-refractivity contribution >= 4 is 33.2 Å². The molecule has 164 valence electrons. The van der Waals surface area contributed by atoms with Crippen molar-refractivity contribution in [3.8, 4) is 0 Å². The summed E-state index contributed by atoms with van der Waals surface area (Å²) in [4.78, 5) is 12.9. The highest BCUT2D eigenvalue weighted by Crippen LogP contribution is 2.23. The molecule has 0 saturated carbocycles. The van der Waals surface area contributed by atoms with Gasteiger partial charge in [-0.25, -0.2) is 22.2 Å². The van der Waals surface area contributed by atoms with Gasteiger partial charge in [-0.2, -0.15) is 5.10 Å². The summed E-state index contributed by atoms with van der Waals surface area (Å²) >= 11 is 6.38. The minimum absolute atomic E-state index is 0.0977. The molecule has 0 fully saturated rings. The van der Waals surface area contributed by atoms with Crippen molar-refractivity contribution in [1.29, 1.82) is 0 Å². The molecule has 3 aromatic rings. The Balaban J connectivity index is 1.76. The SMILES string of the molecule is Cc1nn(Cc2ccc(F)cc2)c(Cl)c1C(=O)Nc1ccc(S(=O)(=O)NC(C)C)cc1. The fraction of sp³-hybridized carbons (Fsp3) is 0.238. The van der Waals surface area contributed by atoms with Gasteiger partial charge in [-0.1, -0.05) is 23.7 Å². The van der Waals surface area contributed by atoms with Gasteiger partial charge in [0.15, 0.2) is 0 Å². The Kier molecular flexibility index (Phi) is 6.78. The molecule has 1 amide bonds. The molecule has 31 heavy (non-hydrogen) atoms. The lowest BCUT2D eigenvalue weighted by atomic mass is 10.2. The van der Waals surface area contributed by atoms with Crippen molar-refractivity contribution in [1.82, 2.24) is 14.5 Å². The number of carbonyl (C=O) groups is 1. The van der Waals surface area contributed by atoms with E-state index < -0.39 is 15.9 Å². The van der Waals surface area contributed by atoms with Crippen molar-refractivity contribution < 1.29 is 17.6 Å². The van der Waals surface area contributed by atoms with Crippen molar-refractivity contribution in [2.75, 3.05) is 5.32 Å². The van der Waals surface area contributed by atoms with Crippen molar-refractivity contribution in [2.45, 2.75) is 38.3 Å². The number of aromatic nitrogens is 2. The predicted octanol–water partition coefficient (Wildman–Crippen LogP) is 3.97. The molecule has 1 aromatic heterocycles. The quantitative estimate of drug-likeness (QED) is 0.553. The van der Waals surface area contributed by atoms with Crippen LogP contribution in [0.3, 0.4) is 0 Å². The lowest BCUT2D eigenvalue weighted by molar-refractivity contribution is 0.102. The highest BCUT2D eigenvalue weighted by Gasteiger charge is 2.21. The molecule has 2 aromatic carbocycles. The van der Waals surface area contributed by atoms with Crippen LogP contribution < -0.4 is 10.0 Å². The summed E-state index contributed by atoms with van der Waals surface area (Å²) in [6.45, 7) is 5.40. The van der Waals surface area contributed by atoms with Crippen LogP contribution in [0, 0.1) is 12.7 Å². The molecule has 0 atom stereocenters. The first kappa shape index (κ1) is 22.9. The number of carbonyl (C=O) groups excluding carboxylic acids is 1. The normalized spacial score (nSPS) is 11.7. The number of sulfonamides is 1. The number of aryl methyl sites for hydroxylation is 1. The highest BCUT2D eigenvalue weighted by atomic mass is 35.5. The maximum Gasteiger partial charge on any atom is 0.260 e. The summed E-state index contributed by atoms with van der Waals surface area (Å²) < 4.78 is 41.5. The average Bonchev–Trinajstić information content (AvgIpc) is 2.96. The van der Waals surface area contributed by atoms with Crippen LogP contribution in [0.1, 0.15) is 35.5 Å². The molecule has 0 saturated heterocycles. The van der Waals surface area contributed by atoms with E-state index >= 15 is 0 Å². The Morgan fingerprint density at radius 1 is 1.13 bits per heavy atom. The summed E-state index contributed by atoms with van der Waals surface area (Å²) in [6.07, 6.45) is 0. The highest BCUT2D eigenvalue weighted by molar-refractivity contribution is 7.89. The Morgan fingerprint density at radius 3 is 2.32 bits per heavy atom. The first-order valence-electron chi connectivity index (χ1n) is 9.48. The zero-order valence-electron chi connectivity index (χ0n) is 17.2. The zero-order valence-corrected chi connectivity index (χ0v) is 18.8. The molecule has 1 heterocycles. The lowest BCUT2D eigenvalue weighted by Crippen LogP contribution is -2.30. The third-order valence-electron chi connectivity index (χ3n) is 4.35. The van der Waals surface area contributed by atoms with E-state index in [0.29, 0.717) is 11.4 Å². The van der Waals surface area contributed by atoms with Crippen molar-refractivity contribution in [2.24, 2.45) is 0 Å². The van der Waals surface area contributed by atoms with E-state index in [1.807, 2.05) is 0 Å². The molecule has 0 aliphatic carbocycles. The maximum atomic E-state index is 13.1. The molecule has 3 rings (SSSR count). The number of halogens is 2. The number of nitrogens with one attached hydrogen (secondary N) is 2. The van der Waals surface area contributed by atoms with Crippen LogP contribution in [0.2, 0.25) is 5.15 Å². The fourth-order valence-electron chi connectivity index (χ4n) is 2.97. The average molecular weight is 465 g/mol. The standard InChI is InChI=1S/C21H22ClFN4O3S/c1-13(2)26-31(29,30)18-10-8-17(9-11-18)24-21(28)19-14(3)25-27(20(19)22)12-15-4-6-16(23)7-5-15/h4-11,13,26H,12H2,1-3H3,(H,24,28). The first-order chi connectivity index (χ1) is 14.6. The second-order valence-corrected chi connectivity index (χ2v) is 9.36. The Morgan fingerprint density at radius 2 is 1.74 bits per heavy atom. The van der Waals surface area contributed by atoms with E-state index in [-0.39, 0.29) is 34.0 Å². The van der Waals surface area contributed by atoms with Crippen LogP contribution >= 0.6 is 11.6 Å². The van der Waals surface area contributed by atoms with E-state index in [2.05, 4.69) is 15.1 Å². The monoisotopic (exact) mass is 464 g/mol. The molecule has 0 bridgehead atoms. The van der Waals surface area contributed by atoms with Gasteiger partial charge in [0.25, 0.3) is 5.91 Å². The Labute approximate surface area is 185 Å². The summed E-state index contributed by atoms with van der Waals surface area (Å²) in [5, 5.41) is 7.16. The fourth-order valence-corrected chi connectivity index (χ4v) is 4.54. The predicted molar refractivity (Wildman–Crippen MR) is 117 cm³/mol. The molecular weight excluding hydrogens is 443 g/mol. The first-order valence-corrected chi connectivity index (χ1v) is 11.3. The topological polar surface area (TPSA) is 93.1 Å². The molecular formula is C21H22ClFN4O3S. The third-order valence-corrected chi connectivity index (χ3v) is 6.41. The van der Waals surface area contributed by atoms with Gasteiger partial charge < -0.3 is 5.32 Å². The van der Waals surface area contributed by atoms with Crippen LogP contribution in [-0.4, -0.2) is 30.1 Å². The number of rotatable bonds is 7. The molecule has 0 spiro atoms. The minimum atomic E-state index is -3.62. The molecule has 10 heteroatoms. The minimum Gasteiger partial charge on any atom is -0.322 e. The zero-order chi connectivity index (χ0) is 22.8. The van der Waals surface area contributed by atoms with Gasteiger partial charge in [-0.05, 0) is 62.7 Å². The van der Waals surface area contributed by atoms with Gasteiger partial charge in [-0.15, -0.1) is 0 Å². The van der Waals surface area contributed by atoms with Crippen LogP contribution in [0.25, 0.3) is 0 Å². The summed E-state index contributed by atoms with van der Waals surface area (Å²) in [5.41, 5.74) is 1.84. The third kappa shape index (κ3) is 5.49. The molecule has 0 aliphatic rings. The summed E-state index contributed by atoms with van der Waals surface area (Å²) in [5.74, 6) is -0.811. The van der Waals surface area contributed by atoms with E-state index in [4.69, 9.17) is 11.6 Å². The van der Waals surface area contributed by atoms with Crippen LogP contribution in [0.4, 0.5) is 10.1 Å². The molecule has 0 radical (unpaired) electrons. The van der Waals surface area contributed by atoms with Crippen LogP contribution in [0.5, 0.6) is 0 Å². The smallest absolute Gasteiger partial charge is 0.260 e. The number of hydrogen-bond donors (Lipinski definition) is 2. The summed E-state index contributed by atoms with van der Waals surface area (Å²) in [7, 11) is -3.62. The van der Waals surface area contributed by atoms with Gasteiger partial charge in [0.1, 0.15) is 11.0 Å². The van der Waals surface area contributed by atoms with Crippen LogP contribution in [-0.2, 0) is 16.6 Å². The van der Waals surface area contributed by atoms with Crippen molar-refractivity contribution in [3.05, 3.63) is 76.3 Å². The second-order valence-electron chi connectivity index (χ2n) is 7.29. The number of benzene rings is 2. The number of anilines is 1. The lowest BCUT2D eigenvalue weighted by Gasteiger charge is -2.10. The summed E-state index contributed by atoms with van der Waals surface area (Å²) in [6, 6.07) is 11.5. The van der Waals surface area contributed by atoms with E-state index in [0.717, 1.165) is 5.56 Å². The molecule has 0 unspecified atom stereocenters.